The van der Waals surface area contributed by atoms with Crippen molar-refractivity contribution in [3.8, 4) is 17.2 Å². The molecule has 0 saturated heterocycles. The molecule has 4 N–H and O–H groups in total. The molecule has 0 aliphatic carbocycles. The Morgan fingerprint density at radius 2 is 1.68 bits per heavy atom. The third-order valence-corrected chi connectivity index (χ3v) is 12.1. The zero-order valence-electron chi connectivity index (χ0n) is 34.3. The number of carbonyl (C=O) groups excluding carboxylic acids is 3. The molecule has 0 unspecified atom stereocenters. The molecule has 0 radical (unpaired) electrons. The molecule has 13 heteroatoms. The number of fused-ring (bicyclic) bond motifs is 2. The fourth-order valence-corrected chi connectivity index (χ4v) is 8.20. The van der Waals surface area contributed by atoms with Crippen LogP contribution in [0.4, 0.5) is 5.69 Å². The van der Waals surface area contributed by atoms with Crippen molar-refractivity contribution < 1.29 is 48.7 Å². The first-order chi connectivity index (χ1) is 26.8. The van der Waals surface area contributed by atoms with Gasteiger partial charge in [0.05, 0.1) is 29.4 Å². The maximum absolute atomic E-state index is 14.6. The first kappa shape index (κ1) is 41.2. The van der Waals surface area contributed by atoms with Crippen LogP contribution in [0.15, 0.2) is 54.5 Å². The number of aryl methyl sites for hydroxylation is 1. The maximum Gasteiger partial charge on any atom is 0.312 e. The van der Waals surface area contributed by atoms with E-state index < -0.39 is 59.3 Å². The number of ether oxygens (including phenoxy) is 4. The Labute approximate surface area is 332 Å². The highest BCUT2D eigenvalue weighted by atomic mass is 16.7. The van der Waals surface area contributed by atoms with E-state index in [1.807, 2.05) is 59.8 Å². The molecule has 2 aromatic carbocycles. The number of allylic oxidation sites excluding steroid dienone is 3. The molecular formula is C44H53N3O10. The zero-order chi connectivity index (χ0) is 41.8. The Kier molecular flexibility index (Phi) is 11.2. The van der Waals surface area contributed by atoms with Gasteiger partial charge < -0.3 is 39.6 Å². The van der Waals surface area contributed by atoms with E-state index in [0.29, 0.717) is 16.7 Å². The normalized spacial score (nSPS) is 30.8. The number of nitrogens with one attached hydrogen (secondary N) is 1. The smallest absolute Gasteiger partial charge is 0.312 e. The number of hydrogen-bond acceptors (Lipinski definition) is 11. The molecule has 4 aromatic rings. The highest BCUT2D eigenvalue weighted by molar-refractivity contribution is 6.28. The topological polar surface area (TPSA) is 178 Å². The lowest BCUT2D eigenvalue weighted by Gasteiger charge is -2.38. The number of ketones is 1. The van der Waals surface area contributed by atoms with Crippen molar-refractivity contribution in [1.29, 1.82) is 0 Å². The van der Waals surface area contributed by atoms with E-state index in [4.69, 9.17) is 23.9 Å². The van der Waals surface area contributed by atoms with Gasteiger partial charge in [0.25, 0.3) is 11.7 Å². The molecular weight excluding hydrogens is 730 g/mol. The number of esters is 1. The molecule has 57 heavy (non-hydrogen) atoms. The number of Topliss-reactive ketones (excluding diaryl/α,β-unsaturated/α-hetero) is 1. The number of phenolic OH excluding ortho intramolecular Hbond substituents is 2. The monoisotopic (exact) mass is 783 g/mol. The van der Waals surface area contributed by atoms with Gasteiger partial charge in [-0.1, -0.05) is 52.8 Å². The van der Waals surface area contributed by atoms with Crippen LogP contribution in [0.2, 0.25) is 0 Å². The van der Waals surface area contributed by atoms with Gasteiger partial charge in [0, 0.05) is 55.5 Å². The lowest BCUT2D eigenvalue weighted by atomic mass is 9.75. The van der Waals surface area contributed by atoms with E-state index in [0.717, 1.165) is 5.56 Å². The standard InChI is InChI=1S/C44H53N3O10/c1-20-15-17-47-30(19-20)45-34-31-32-38(50)27(8)41-33(31)42(52)44(10,57-41)55-18-16-29(54-11)25(6)40(56-28(9)48)26(7)37(49)24(5)23(4)21(2)13-12-14-22(3)43(53)46-35(36(34)47)39(32)51/h12-19,21,23-26,29,37,40,49-51H,1-11H3,(H,46,53)/b13-12+,18-16+,22-14-/t21-,23-,24+,25+,26+,29-,37+,40+,44-/m0/s1. The zero-order valence-corrected chi connectivity index (χ0v) is 34.3. The van der Waals surface area contributed by atoms with Crippen LogP contribution in [0, 0.1) is 43.4 Å². The summed E-state index contributed by atoms with van der Waals surface area (Å²) in [6.45, 7) is 17.6. The number of methoxy groups -OCH3 is 1. The number of aromatic nitrogens is 2. The lowest BCUT2D eigenvalue weighted by molar-refractivity contribution is -0.159. The molecule has 9 atom stereocenters. The minimum Gasteiger partial charge on any atom is -0.507 e. The largest absolute Gasteiger partial charge is 0.507 e. The molecule has 1 amide bonds. The van der Waals surface area contributed by atoms with E-state index in [1.54, 1.807) is 42.7 Å². The Bertz CT molecular complexity index is 2380. The average molecular weight is 784 g/mol. The van der Waals surface area contributed by atoms with Crippen LogP contribution >= 0.6 is 0 Å². The van der Waals surface area contributed by atoms with Crippen molar-refractivity contribution in [2.45, 2.75) is 93.3 Å². The predicted octanol–water partition coefficient (Wildman–Crippen LogP) is 7.43. The highest BCUT2D eigenvalue weighted by Crippen LogP contribution is 2.54. The second kappa shape index (κ2) is 15.5. The van der Waals surface area contributed by atoms with Crippen LogP contribution in [0.3, 0.4) is 0 Å². The summed E-state index contributed by atoms with van der Waals surface area (Å²) in [4.78, 5) is 45.7. The lowest BCUT2D eigenvalue weighted by Crippen LogP contribution is -2.45. The molecule has 2 aliphatic rings. The Balaban J connectivity index is 1.58. The summed E-state index contributed by atoms with van der Waals surface area (Å²) in [5, 5.41) is 38.4. The summed E-state index contributed by atoms with van der Waals surface area (Å²) < 4.78 is 25.7. The summed E-state index contributed by atoms with van der Waals surface area (Å²) >= 11 is 0. The Morgan fingerprint density at radius 1 is 0.982 bits per heavy atom. The molecule has 2 aromatic heterocycles. The van der Waals surface area contributed by atoms with Gasteiger partial charge in [0.1, 0.15) is 40.0 Å². The molecule has 0 spiro atoms. The number of pyridine rings is 1. The van der Waals surface area contributed by atoms with Crippen molar-refractivity contribution in [1.82, 2.24) is 9.38 Å². The number of phenols is 2. The number of anilines is 1. The third kappa shape index (κ3) is 7.12. The van der Waals surface area contributed by atoms with Gasteiger partial charge in [-0.15, -0.1) is 0 Å². The number of aliphatic hydroxyl groups is 1. The third-order valence-electron chi connectivity index (χ3n) is 12.1. The predicted molar refractivity (Wildman–Crippen MR) is 216 cm³/mol. The highest BCUT2D eigenvalue weighted by Gasteiger charge is 2.49. The van der Waals surface area contributed by atoms with Gasteiger partial charge in [0.2, 0.25) is 0 Å². The van der Waals surface area contributed by atoms with Crippen LogP contribution in [0.1, 0.15) is 76.9 Å². The number of aromatic hydroxyl groups is 2. The van der Waals surface area contributed by atoms with E-state index >= 15 is 0 Å². The number of imidazole rings is 1. The Morgan fingerprint density at radius 3 is 2.35 bits per heavy atom. The second-order valence-corrected chi connectivity index (χ2v) is 16.0. The van der Waals surface area contributed by atoms with Gasteiger partial charge >= 0.3 is 11.8 Å². The van der Waals surface area contributed by atoms with Crippen LogP contribution in [0.5, 0.6) is 17.2 Å². The summed E-state index contributed by atoms with van der Waals surface area (Å²) in [7, 11) is 1.50. The van der Waals surface area contributed by atoms with Crippen molar-refractivity contribution in [2.75, 3.05) is 12.4 Å². The Hall–Kier alpha value is -5.40. The summed E-state index contributed by atoms with van der Waals surface area (Å²) in [6.07, 6.45) is 7.71. The van der Waals surface area contributed by atoms with Gasteiger partial charge in [0.15, 0.2) is 5.75 Å². The molecule has 2 aliphatic heterocycles. The number of aliphatic hydroxyl groups excluding tert-OH is 1. The number of amides is 1. The number of hydrogen-bond donors (Lipinski definition) is 4. The summed E-state index contributed by atoms with van der Waals surface area (Å²) in [6, 6.07) is 3.68. The maximum atomic E-state index is 14.6. The number of nitrogens with zero attached hydrogens (tertiary/aromatic N) is 2. The van der Waals surface area contributed by atoms with Crippen molar-refractivity contribution in [3.63, 3.8) is 0 Å². The van der Waals surface area contributed by atoms with E-state index in [2.05, 4.69) is 5.32 Å². The van der Waals surface area contributed by atoms with Crippen LogP contribution in [-0.2, 0) is 23.8 Å². The van der Waals surface area contributed by atoms with Crippen LogP contribution in [-0.4, -0.2) is 73.6 Å². The fraction of sp³-hybridized carbons (Fsp3) is 0.455. The minimum absolute atomic E-state index is 0.00120. The van der Waals surface area contributed by atoms with Crippen molar-refractivity contribution >= 4 is 50.8 Å². The second-order valence-electron chi connectivity index (χ2n) is 16.0. The first-order valence-corrected chi connectivity index (χ1v) is 19.3. The van der Waals surface area contributed by atoms with Gasteiger partial charge in [-0.05, 0) is 62.3 Å². The molecule has 0 saturated carbocycles. The van der Waals surface area contributed by atoms with E-state index in [9.17, 15) is 29.7 Å². The van der Waals surface area contributed by atoms with Gasteiger partial charge in [-0.3, -0.25) is 18.8 Å². The van der Waals surface area contributed by atoms with E-state index in [1.165, 1.54) is 27.2 Å². The quantitative estimate of drug-likeness (QED) is 0.117. The molecule has 4 heterocycles. The minimum atomic E-state index is -1.93. The number of rotatable bonds is 2. The molecule has 304 valence electrons. The van der Waals surface area contributed by atoms with Crippen molar-refractivity contribution in [3.05, 3.63) is 71.2 Å². The molecule has 13 nitrogen and oxygen atoms in total. The van der Waals surface area contributed by atoms with E-state index in [-0.39, 0.29) is 62.4 Å². The van der Waals surface area contributed by atoms with Crippen LogP contribution < -0.4 is 10.1 Å². The van der Waals surface area contributed by atoms with Gasteiger partial charge in [-0.25, -0.2) is 4.98 Å². The summed E-state index contributed by atoms with van der Waals surface area (Å²) in [5.41, 5.74) is 2.45. The average Bonchev–Trinajstić information content (AvgIpc) is 3.67. The summed E-state index contributed by atoms with van der Waals surface area (Å²) in [5.74, 6) is -5.60. The van der Waals surface area contributed by atoms with Crippen molar-refractivity contribution in [2.24, 2.45) is 29.6 Å². The molecule has 6 rings (SSSR count). The number of carbonyl (C=O) groups is 3. The first-order valence-electron chi connectivity index (χ1n) is 19.3. The molecule has 0 fully saturated rings. The fourth-order valence-electron chi connectivity index (χ4n) is 8.20. The SMILES string of the molecule is CO[C@H]1/C=C/O[C@@]2(C)Oc3c(C)c(O)c4c(O)c(c5c(nc6cc(C)ccn65)c4c3C2=O)NC(=O)/C(C)=C\C=C\[C@H](C)[C@H](C)[C@@H](C)[C@@H](O)[C@@H](C)[C@H](OC(C)=O)[C@@H]1C. The van der Waals surface area contributed by atoms with Gasteiger partial charge in [-0.2, -0.15) is 0 Å². The molecule has 4 bridgehead atoms. The number of benzene rings is 2. The van der Waals surface area contributed by atoms with Crippen LogP contribution in [0.25, 0.3) is 27.5 Å².